The summed E-state index contributed by atoms with van der Waals surface area (Å²) < 4.78 is 67.7. The summed E-state index contributed by atoms with van der Waals surface area (Å²) in [4.78, 5) is 10.4. The zero-order valence-electron chi connectivity index (χ0n) is 21.4. The molecule has 0 aliphatic carbocycles. The van der Waals surface area contributed by atoms with Gasteiger partial charge in [0.1, 0.15) is 17.4 Å². The summed E-state index contributed by atoms with van der Waals surface area (Å²) >= 11 is 0. The second kappa shape index (κ2) is 8.71. The molecule has 6 rings (SSSR count). The highest BCUT2D eigenvalue weighted by molar-refractivity contribution is 6.07. The highest BCUT2D eigenvalue weighted by atomic mass is 19.4. The molecule has 2 fully saturated rings. The number of rotatable bonds is 3. The number of nitrogens with zero attached hydrogens (tertiary/aromatic N) is 5. The van der Waals surface area contributed by atoms with E-state index in [9.17, 15) is 18.4 Å². The van der Waals surface area contributed by atoms with Crippen molar-refractivity contribution in [3.05, 3.63) is 40.8 Å². The lowest BCUT2D eigenvalue weighted by Gasteiger charge is -2.34. The lowest BCUT2D eigenvalue weighted by molar-refractivity contribution is -0.137. The first-order valence-electron chi connectivity index (χ1n) is 12.5. The van der Waals surface area contributed by atoms with Gasteiger partial charge < -0.3 is 25.3 Å². The van der Waals surface area contributed by atoms with Crippen molar-refractivity contribution in [1.29, 1.82) is 5.26 Å². The Hall–Kier alpha value is -4.11. The number of nitriles is 1. The van der Waals surface area contributed by atoms with Gasteiger partial charge in [0.15, 0.2) is 5.82 Å². The van der Waals surface area contributed by atoms with Crippen LogP contribution >= 0.6 is 0 Å². The molecule has 0 spiro atoms. The van der Waals surface area contributed by atoms with Gasteiger partial charge in [-0.3, -0.25) is 0 Å². The molecule has 12 heteroatoms. The fraction of sp³-hybridized carbons (Fsp3) is 0.370. The number of ether oxygens (including phenoxy) is 1. The van der Waals surface area contributed by atoms with Gasteiger partial charge in [-0.05, 0) is 38.0 Å². The van der Waals surface area contributed by atoms with E-state index in [4.69, 9.17) is 10.5 Å². The number of aryl methyl sites for hydroxylation is 1. The van der Waals surface area contributed by atoms with Crippen molar-refractivity contribution in [1.82, 2.24) is 19.9 Å². The van der Waals surface area contributed by atoms with E-state index in [0.717, 1.165) is 18.9 Å². The number of methoxy groups -OCH3 is 1. The van der Waals surface area contributed by atoms with E-state index >= 15 is 4.39 Å². The average Bonchev–Trinajstić information content (AvgIpc) is 3.37. The Labute approximate surface area is 221 Å². The minimum Gasteiger partial charge on any atom is -0.467 e. The molecule has 0 saturated carbocycles. The normalized spacial score (nSPS) is 19.2. The molecule has 8 nitrogen and oxygen atoms in total. The summed E-state index contributed by atoms with van der Waals surface area (Å²) in [6.45, 7) is 2.62. The topological polar surface area (TPSA) is 105 Å². The van der Waals surface area contributed by atoms with Crippen LogP contribution in [0.5, 0.6) is 6.01 Å². The van der Waals surface area contributed by atoms with Gasteiger partial charge in [0.05, 0.1) is 29.4 Å². The smallest absolute Gasteiger partial charge is 0.417 e. The average molecular weight is 540 g/mol. The molecule has 2 atom stereocenters. The molecule has 4 heterocycles. The van der Waals surface area contributed by atoms with Gasteiger partial charge in [-0.15, -0.1) is 0 Å². The first-order valence-corrected chi connectivity index (χ1v) is 12.5. The molecular weight excluding hydrogens is 514 g/mol. The van der Waals surface area contributed by atoms with Crippen LogP contribution in [-0.4, -0.2) is 46.8 Å². The number of anilines is 2. The van der Waals surface area contributed by atoms with E-state index in [2.05, 4.69) is 15.3 Å². The molecule has 2 aliphatic rings. The molecule has 3 N–H and O–H groups in total. The maximum absolute atomic E-state index is 16.6. The Kier molecular flexibility index (Phi) is 5.62. The summed E-state index contributed by atoms with van der Waals surface area (Å²) in [6.07, 6.45) is -3.04. The number of nitrogens with one attached hydrogen (secondary N) is 1. The fourth-order valence-electron chi connectivity index (χ4n) is 6.06. The van der Waals surface area contributed by atoms with E-state index in [1.807, 2.05) is 11.0 Å². The monoisotopic (exact) mass is 539 g/mol. The molecule has 2 unspecified atom stereocenters. The first-order chi connectivity index (χ1) is 18.5. The number of piperazine rings is 1. The number of halogens is 4. The van der Waals surface area contributed by atoms with Gasteiger partial charge in [-0.2, -0.15) is 28.4 Å². The van der Waals surface area contributed by atoms with Gasteiger partial charge in [0, 0.05) is 59.8 Å². The molecule has 0 amide bonds. The van der Waals surface area contributed by atoms with Crippen LogP contribution in [0, 0.1) is 24.1 Å². The van der Waals surface area contributed by atoms with E-state index in [1.165, 1.54) is 13.2 Å². The Morgan fingerprint density at radius 1 is 1.15 bits per heavy atom. The fourth-order valence-corrected chi connectivity index (χ4v) is 6.06. The highest BCUT2D eigenvalue weighted by Gasteiger charge is 2.40. The van der Waals surface area contributed by atoms with Crippen molar-refractivity contribution < 1.29 is 22.3 Å². The van der Waals surface area contributed by atoms with E-state index in [-0.39, 0.29) is 57.0 Å². The number of nitrogen functional groups attached to an aromatic ring is 1. The summed E-state index contributed by atoms with van der Waals surface area (Å²) in [7, 11) is 2.97. The second-order valence-electron chi connectivity index (χ2n) is 10.1. The largest absolute Gasteiger partial charge is 0.467 e. The molecule has 2 bridgehead atoms. The van der Waals surface area contributed by atoms with Gasteiger partial charge >= 0.3 is 12.2 Å². The third-order valence-corrected chi connectivity index (χ3v) is 7.95. The van der Waals surface area contributed by atoms with Crippen molar-refractivity contribution >= 4 is 33.3 Å². The summed E-state index contributed by atoms with van der Waals surface area (Å²) in [5, 5.41) is 13.4. The summed E-state index contributed by atoms with van der Waals surface area (Å²) in [5.41, 5.74) is 4.69. The SMILES string of the molecule is COc1nc(N2CC3CCC(C2)N3)c2cc(C(F)(F)F)c(-c3c(C)n(C)c4ccc(N)c(C#N)c34)c(F)c2n1. The molecule has 2 saturated heterocycles. The maximum atomic E-state index is 16.6. The molecular formula is C27H25F4N7O. The van der Waals surface area contributed by atoms with Crippen molar-refractivity contribution in [3.63, 3.8) is 0 Å². The Bertz CT molecular complexity index is 1690. The number of aromatic nitrogens is 3. The number of hydrogen-bond acceptors (Lipinski definition) is 7. The molecule has 0 radical (unpaired) electrons. The third kappa shape index (κ3) is 3.75. The van der Waals surface area contributed by atoms with E-state index in [1.54, 1.807) is 24.6 Å². The minimum absolute atomic E-state index is 0.0175. The van der Waals surface area contributed by atoms with Crippen LogP contribution in [0.2, 0.25) is 0 Å². The van der Waals surface area contributed by atoms with Gasteiger partial charge in [-0.1, -0.05) is 0 Å². The standard InChI is InChI=1S/C27H25F4N7O/c1-12-20(21-16(9-32)18(33)6-7-19(21)37(12)2)22-17(27(29,30)31)8-15-24(23(22)28)35-26(39-3)36-25(15)38-10-13-4-5-14(11-38)34-13/h6-8,13-14,34H,4-5,10-11,33H2,1-3H3. The van der Waals surface area contributed by atoms with Crippen molar-refractivity contribution in [2.24, 2.45) is 7.05 Å². The van der Waals surface area contributed by atoms with Gasteiger partial charge in [0.2, 0.25) is 0 Å². The Morgan fingerprint density at radius 3 is 2.46 bits per heavy atom. The number of nitrogens with two attached hydrogens (primary N) is 1. The van der Waals surface area contributed by atoms with Crippen LogP contribution in [-0.2, 0) is 13.2 Å². The number of alkyl halides is 3. The second-order valence-corrected chi connectivity index (χ2v) is 10.1. The van der Waals surface area contributed by atoms with Crippen molar-refractivity contribution in [3.8, 4) is 23.2 Å². The Morgan fingerprint density at radius 2 is 1.85 bits per heavy atom. The van der Waals surface area contributed by atoms with Crippen LogP contribution in [0.1, 0.15) is 29.7 Å². The minimum atomic E-state index is -4.92. The predicted octanol–water partition coefficient (Wildman–Crippen LogP) is 4.66. The van der Waals surface area contributed by atoms with Gasteiger partial charge in [0.25, 0.3) is 0 Å². The molecule has 2 aromatic carbocycles. The molecule has 202 valence electrons. The molecule has 2 aromatic heterocycles. The van der Waals surface area contributed by atoms with Crippen LogP contribution < -0.4 is 20.7 Å². The first kappa shape index (κ1) is 25.2. The lowest BCUT2D eigenvalue weighted by atomic mass is 9.92. The number of hydrogen-bond donors (Lipinski definition) is 2. The molecule has 39 heavy (non-hydrogen) atoms. The van der Waals surface area contributed by atoms with Crippen molar-refractivity contribution in [2.75, 3.05) is 30.8 Å². The zero-order valence-corrected chi connectivity index (χ0v) is 21.4. The van der Waals surface area contributed by atoms with Gasteiger partial charge in [-0.25, -0.2) is 4.39 Å². The van der Waals surface area contributed by atoms with Crippen molar-refractivity contribution in [2.45, 2.75) is 38.0 Å². The summed E-state index contributed by atoms with van der Waals surface area (Å²) in [5.74, 6) is -0.968. The quantitative estimate of drug-likeness (QED) is 0.288. The van der Waals surface area contributed by atoms with Crippen LogP contribution in [0.25, 0.3) is 32.9 Å². The van der Waals surface area contributed by atoms with Crippen LogP contribution in [0.3, 0.4) is 0 Å². The Balaban J connectivity index is 1.72. The summed E-state index contributed by atoms with van der Waals surface area (Å²) in [6, 6.07) is 6.21. The molecule has 2 aliphatic heterocycles. The van der Waals surface area contributed by atoms with Crippen LogP contribution in [0.4, 0.5) is 29.1 Å². The van der Waals surface area contributed by atoms with E-state index in [0.29, 0.717) is 24.3 Å². The highest BCUT2D eigenvalue weighted by Crippen LogP contribution is 2.48. The number of fused-ring (bicyclic) bond motifs is 4. The maximum Gasteiger partial charge on any atom is 0.417 e. The third-order valence-electron chi connectivity index (χ3n) is 7.95. The van der Waals surface area contributed by atoms with E-state index < -0.39 is 23.1 Å². The number of benzene rings is 2. The zero-order chi connectivity index (χ0) is 27.8. The lowest BCUT2D eigenvalue weighted by Crippen LogP contribution is -2.51. The van der Waals surface area contributed by atoms with Crippen LogP contribution in [0.15, 0.2) is 18.2 Å². The predicted molar refractivity (Wildman–Crippen MR) is 139 cm³/mol. The molecule has 4 aromatic rings.